The van der Waals surface area contributed by atoms with E-state index in [-0.39, 0.29) is 5.56 Å². The van der Waals surface area contributed by atoms with Gasteiger partial charge in [-0.1, -0.05) is 30.3 Å². The Hall–Kier alpha value is -1.94. The highest BCUT2D eigenvalue weighted by atomic mass is 16.5. The molecule has 0 unspecified atom stereocenters. The van der Waals surface area contributed by atoms with E-state index in [2.05, 4.69) is 9.97 Å². The van der Waals surface area contributed by atoms with Gasteiger partial charge in [0, 0.05) is 24.7 Å². The topological polar surface area (TPSA) is 55.0 Å². The van der Waals surface area contributed by atoms with Gasteiger partial charge in [-0.15, -0.1) is 0 Å². The average molecular weight is 244 g/mol. The van der Waals surface area contributed by atoms with Crippen molar-refractivity contribution >= 4 is 0 Å². The number of rotatable bonds is 5. The normalized spacial score (nSPS) is 10.5. The van der Waals surface area contributed by atoms with Crippen LogP contribution in [-0.4, -0.2) is 23.2 Å². The van der Waals surface area contributed by atoms with Gasteiger partial charge in [0.1, 0.15) is 5.82 Å². The molecule has 18 heavy (non-hydrogen) atoms. The largest absolute Gasteiger partial charge is 0.381 e. The van der Waals surface area contributed by atoms with Crippen LogP contribution in [-0.2, 0) is 11.2 Å². The molecule has 0 bridgehead atoms. The van der Waals surface area contributed by atoms with Gasteiger partial charge < -0.3 is 9.72 Å². The minimum absolute atomic E-state index is 0.129. The lowest BCUT2D eigenvalue weighted by molar-refractivity contribution is 0.149. The maximum absolute atomic E-state index is 11.6. The monoisotopic (exact) mass is 244 g/mol. The molecule has 1 N–H and O–H groups in total. The van der Waals surface area contributed by atoms with Gasteiger partial charge in [-0.25, -0.2) is 4.98 Å². The SMILES string of the molecule is CCOCCc1nc(-c2ccccc2)cc(=O)[nH]1. The summed E-state index contributed by atoms with van der Waals surface area (Å²) in [7, 11) is 0. The molecule has 0 aliphatic heterocycles. The van der Waals surface area contributed by atoms with E-state index in [9.17, 15) is 4.79 Å². The number of H-pyrrole nitrogens is 1. The summed E-state index contributed by atoms with van der Waals surface area (Å²) in [6, 6.07) is 11.2. The fourth-order valence-corrected chi connectivity index (χ4v) is 1.70. The summed E-state index contributed by atoms with van der Waals surface area (Å²) < 4.78 is 5.26. The summed E-state index contributed by atoms with van der Waals surface area (Å²) in [4.78, 5) is 18.8. The fourth-order valence-electron chi connectivity index (χ4n) is 1.70. The highest BCUT2D eigenvalue weighted by molar-refractivity contribution is 5.58. The van der Waals surface area contributed by atoms with E-state index in [1.54, 1.807) is 0 Å². The number of nitrogens with zero attached hydrogens (tertiary/aromatic N) is 1. The third-order valence-corrected chi connectivity index (χ3v) is 2.55. The number of hydrogen-bond donors (Lipinski definition) is 1. The summed E-state index contributed by atoms with van der Waals surface area (Å²) in [5.41, 5.74) is 1.52. The fraction of sp³-hybridized carbons (Fsp3) is 0.286. The highest BCUT2D eigenvalue weighted by Crippen LogP contribution is 2.14. The summed E-state index contributed by atoms with van der Waals surface area (Å²) in [6.45, 7) is 3.18. The first-order valence-electron chi connectivity index (χ1n) is 6.03. The van der Waals surface area contributed by atoms with E-state index in [0.29, 0.717) is 31.2 Å². The number of benzene rings is 1. The van der Waals surface area contributed by atoms with Gasteiger partial charge in [0.2, 0.25) is 0 Å². The number of nitrogens with one attached hydrogen (secondary N) is 1. The molecule has 1 aromatic heterocycles. The van der Waals surface area contributed by atoms with Gasteiger partial charge in [0.05, 0.1) is 12.3 Å². The lowest BCUT2D eigenvalue weighted by Gasteiger charge is -2.04. The second kappa shape index (κ2) is 6.12. The Labute approximate surface area is 106 Å². The predicted molar refractivity (Wildman–Crippen MR) is 70.5 cm³/mol. The van der Waals surface area contributed by atoms with Gasteiger partial charge >= 0.3 is 0 Å². The first kappa shape index (κ1) is 12.5. The molecule has 0 spiro atoms. The molecule has 0 amide bonds. The van der Waals surface area contributed by atoms with Gasteiger partial charge in [0.15, 0.2) is 0 Å². The third-order valence-electron chi connectivity index (χ3n) is 2.55. The summed E-state index contributed by atoms with van der Waals surface area (Å²) in [5, 5.41) is 0. The molecule has 94 valence electrons. The maximum Gasteiger partial charge on any atom is 0.251 e. The molecule has 2 rings (SSSR count). The van der Waals surface area contributed by atoms with Crippen molar-refractivity contribution in [1.82, 2.24) is 9.97 Å². The molecule has 1 aromatic carbocycles. The van der Waals surface area contributed by atoms with Crippen LogP contribution in [0, 0.1) is 0 Å². The highest BCUT2D eigenvalue weighted by Gasteiger charge is 2.03. The van der Waals surface area contributed by atoms with E-state index in [4.69, 9.17) is 4.74 Å². The molecule has 4 nitrogen and oxygen atoms in total. The average Bonchev–Trinajstić information content (AvgIpc) is 2.39. The standard InChI is InChI=1S/C14H16N2O2/c1-2-18-9-8-13-15-12(10-14(17)16-13)11-6-4-3-5-7-11/h3-7,10H,2,8-9H2,1H3,(H,15,16,17). The smallest absolute Gasteiger partial charge is 0.251 e. The van der Waals surface area contributed by atoms with Crippen molar-refractivity contribution < 1.29 is 4.74 Å². The van der Waals surface area contributed by atoms with Crippen molar-refractivity contribution in [1.29, 1.82) is 0 Å². The summed E-state index contributed by atoms with van der Waals surface area (Å²) in [6.07, 6.45) is 0.615. The van der Waals surface area contributed by atoms with Crippen LogP contribution in [0.15, 0.2) is 41.2 Å². The van der Waals surface area contributed by atoms with Gasteiger partial charge in [-0.2, -0.15) is 0 Å². The second-order valence-electron chi connectivity index (χ2n) is 3.89. The second-order valence-corrected chi connectivity index (χ2v) is 3.89. The van der Waals surface area contributed by atoms with Crippen LogP contribution in [0.4, 0.5) is 0 Å². The Morgan fingerprint density at radius 2 is 2.06 bits per heavy atom. The zero-order chi connectivity index (χ0) is 12.8. The zero-order valence-electron chi connectivity index (χ0n) is 10.3. The van der Waals surface area contributed by atoms with Crippen molar-refractivity contribution in [3.05, 3.63) is 52.6 Å². The molecule has 0 radical (unpaired) electrons. The summed E-state index contributed by atoms with van der Waals surface area (Å²) in [5.74, 6) is 0.662. The first-order chi connectivity index (χ1) is 8.79. The quantitative estimate of drug-likeness (QED) is 0.819. The lowest BCUT2D eigenvalue weighted by Crippen LogP contribution is -2.13. The molecule has 0 aliphatic carbocycles. The predicted octanol–water partition coefficient (Wildman–Crippen LogP) is 2.02. The minimum atomic E-state index is -0.129. The number of ether oxygens (including phenoxy) is 1. The molecule has 2 aromatic rings. The van der Waals surface area contributed by atoms with Crippen molar-refractivity contribution in [2.24, 2.45) is 0 Å². The molecule has 4 heteroatoms. The van der Waals surface area contributed by atoms with Gasteiger partial charge in [-0.05, 0) is 6.92 Å². The lowest BCUT2D eigenvalue weighted by atomic mass is 10.1. The van der Waals surface area contributed by atoms with E-state index >= 15 is 0 Å². The van der Waals surface area contributed by atoms with E-state index in [0.717, 1.165) is 5.56 Å². The van der Waals surface area contributed by atoms with Crippen LogP contribution in [0.3, 0.4) is 0 Å². The molecule has 0 saturated heterocycles. The number of hydrogen-bond acceptors (Lipinski definition) is 3. The van der Waals surface area contributed by atoms with Crippen LogP contribution in [0.25, 0.3) is 11.3 Å². The van der Waals surface area contributed by atoms with Crippen LogP contribution >= 0.6 is 0 Å². The van der Waals surface area contributed by atoms with E-state index in [1.165, 1.54) is 6.07 Å². The number of aromatic amines is 1. The maximum atomic E-state index is 11.6. The zero-order valence-corrected chi connectivity index (χ0v) is 10.3. The Morgan fingerprint density at radius 1 is 1.28 bits per heavy atom. The van der Waals surface area contributed by atoms with Crippen molar-refractivity contribution in [2.45, 2.75) is 13.3 Å². The first-order valence-corrected chi connectivity index (χ1v) is 6.03. The molecule has 0 saturated carbocycles. The molecule has 0 fully saturated rings. The van der Waals surface area contributed by atoms with Crippen LogP contribution < -0.4 is 5.56 Å². The van der Waals surface area contributed by atoms with Crippen molar-refractivity contribution in [2.75, 3.05) is 13.2 Å². The van der Waals surface area contributed by atoms with Crippen LogP contribution in [0.1, 0.15) is 12.7 Å². The van der Waals surface area contributed by atoms with Crippen LogP contribution in [0.2, 0.25) is 0 Å². The molecule has 0 aliphatic rings. The third kappa shape index (κ3) is 3.28. The van der Waals surface area contributed by atoms with Crippen molar-refractivity contribution in [3.63, 3.8) is 0 Å². The molecule has 0 atom stereocenters. The van der Waals surface area contributed by atoms with Gasteiger partial charge in [-0.3, -0.25) is 4.79 Å². The van der Waals surface area contributed by atoms with E-state index in [1.807, 2.05) is 37.3 Å². The Bertz CT molecular complexity index is 549. The number of aromatic nitrogens is 2. The molecular formula is C14H16N2O2. The Morgan fingerprint density at radius 3 is 2.78 bits per heavy atom. The molecule has 1 heterocycles. The Kier molecular flexibility index (Phi) is 4.25. The minimum Gasteiger partial charge on any atom is -0.381 e. The van der Waals surface area contributed by atoms with Crippen molar-refractivity contribution in [3.8, 4) is 11.3 Å². The summed E-state index contributed by atoms with van der Waals surface area (Å²) >= 11 is 0. The van der Waals surface area contributed by atoms with Gasteiger partial charge in [0.25, 0.3) is 5.56 Å². The molecular weight excluding hydrogens is 228 g/mol. The van der Waals surface area contributed by atoms with Crippen LogP contribution in [0.5, 0.6) is 0 Å². The van der Waals surface area contributed by atoms with E-state index < -0.39 is 0 Å². The Balaban J connectivity index is 2.24.